The smallest absolute Gasteiger partial charge is 0.262 e. The van der Waals surface area contributed by atoms with Gasteiger partial charge in [0.2, 0.25) is 0 Å². The van der Waals surface area contributed by atoms with Crippen molar-refractivity contribution in [3.63, 3.8) is 0 Å². The van der Waals surface area contributed by atoms with Crippen LogP contribution in [0.25, 0.3) is 21.2 Å². The van der Waals surface area contributed by atoms with Crippen molar-refractivity contribution in [3.05, 3.63) is 95.9 Å². The summed E-state index contributed by atoms with van der Waals surface area (Å²) in [5, 5.41) is 3.66. The number of nitrogens with one attached hydrogen (secondary N) is 2. The van der Waals surface area contributed by atoms with Crippen LogP contribution in [-0.2, 0) is 15.4 Å². The predicted octanol–water partition coefficient (Wildman–Crippen LogP) is 6.58. The summed E-state index contributed by atoms with van der Waals surface area (Å²) in [7, 11) is -3.78. The van der Waals surface area contributed by atoms with Crippen LogP contribution in [0.4, 0.5) is 5.69 Å². The summed E-state index contributed by atoms with van der Waals surface area (Å²) < 4.78 is 29.8. The van der Waals surface area contributed by atoms with Gasteiger partial charge in [0.05, 0.1) is 4.90 Å². The van der Waals surface area contributed by atoms with E-state index in [2.05, 4.69) is 37.4 Å². The van der Waals surface area contributed by atoms with Crippen LogP contribution in [0.5, 0.6) is 0 Å². The van der Waals surface area contributed by atoms with E-state index in [1.165, 1.54) is 11.3 Å². The second-order valence-corrected chi connectivity index (χ2v) is 12.0. The van der Waals surface area contributed by atoms with Gasteiger partial charge < -0.3 is 5.32 Å². The predicted molar refractivity (Wildman–Crippen MR) is 146 cm³/mol. The molecule has 0 radical (unpaired) electrons. The van der Waals surface area contributed by atoms with Gasteiger partial charge in [-0.2, -0.15) is 0 Å². The molecule has 2 N–H and O–H groups in total. The number of amides is 1. The number of thiophene rings is 1. The van der Waals surface area contributed by atoms with Crippen molar-refractivity contribution >= 4 is 43.0 Å². The van der Waals surface area contributed by atoms with Crippen molar-refractivity contribution < 1.29 is 13.2 Å². The molecule has 1 aromatic heterocycles. The van der Waals surface area contributed by atoms with Gasteiger partial charge >= 0.3 is 0 Å². The van der Waals surface area contributed by atoms with Gasteiger partial charge in [-0.25, -0.2) is 8.42 Å². The van der Waals surface area contributed by atoms with Crippen LogP contribution in [0.2, 0.25) is 0 Å². The van der Waals surface area contributed by atoms with Crippen LogP contribution in [0, 0.1) is 0 Å². The molecule has 35 heavy (non-hydrogen) atoms. The summed E-state index contributed by atoms with van der Waals surface area (Å²) in [6.45, 7) is 10.3. The fourth-order valence-corrected chi connectivity index (χ4v) is 5.98. The summed E-state index contributed by atoms with van der Waals surface area (Å²) in [6.07, 6.45) is 1.63. The van der Waals surface area contributed by atoms with Crippen molar-refractivity contribution in [2.75, 3.05) is 11.3 Å². The summed E-state index contributed by atoms with van der Waals surface area (Å²) in [6, 6.07) is 21.9. The Morgan fingerprint density at radius 3 is 2.31 bits per heavy atom. The molecule has 5 nitrogen and oxygen atoms in total. The van der Waals surface area contributed by atoms with E-state index in [0.29, 0.717) is 17.1 Å². The Morgan fingerprint density at radius 2 is 1.69 bits per heavy atom. The van der Waals surface area contributed by atoms with Gasteiger partial charge in [0.25, 0.3) is 15.9 Å². The van der Waals surface area contributed by atoms with E-state index in [0.717, 1.165) is 26.8 Å². The number of hydrogen-bond donors (Lipinski definition) is 2. The average Bonchev–Trinajstić information content (AvgIpc) is 3.21. The van der Waals surface area contributed by atoms with Gasteiger partial charge in [-0.15, -0.1) is 17.9 Å². The minimum atomic E-state index is -3.78. The van der Waals surface area contributed by atoms with E-state index in [1.807, 2.05) is 48.5 Å². The number of hydrogen-bond acceptors (Lipinski definition) is 4. The lowest BCUT2D eigenvalue weighted by Gasteiger charge is -2.19. The number of rotatable bonds is 7. The molecular formula is C28H28N2O3S2. The quantitative estimate of drug-likeness (QED) is 0.279. The highest BCUT2D eigenvalue weighted by Crippen LogP contribution is 2.40. The maximum Gasteiger partial charge on any atom is 0.262 e. The fraction of sp³-hybridized carbons (Fsp3) is 0.179. The topological polar surface area (TPSA) is 75.3 Å². The van der Waals surface area contributed by atoms with Crippen LogP contribution in [-0.4, -0.2) is 20.9 Å². The first-order valence-corrected chi connectivity index (χ1v) is 13.5. The van der Waals surface area contributed by atoms with E-state index in [1.54, 1.807) is 30.3 Å². The average molecular weight is 505 g/mol. The van der Waals surface area contributed by atoms with Gasteiger partial charge in [0.1, 0.15) is 4.88 Å². The van der Waals surface area contributed by atoms with Crippen LogP contribution >= 0.6 is 11.3 Å². The Kier molecular flexibility index (Phi) is 6.83. The van der Waals surface area contributed by atoms with E-state index in [9.17, 15) is 13.2 Å². The Hall–Kier alpha value is -3.42. The molecule has 0 aliphatic carbocycles. The number of fused-ring (bicyclic) bond motifs is 1. The van der Waals surface area contributed by atoms with Gasteiger partial charge in [-0.05, 0) is 46.9 Å². The maximum absolute atomic E-state index is 13.1. The molecule has 0 aliphatic heterocycles. The number of sulfonamides is 1. The van der Waals surface area contributed by atoms with Crippen molar-refractivity contribution in [2.24, 2.45) is 0 Å². The molecule has 180 valence electrons. The Labute approximate surface area is 210 Å². The first-order chi connectivity index (χ1) is 16.6. The zero-order valence-corrected chi connectivity index (χ0v) is 21.6. The van der Waals surface area contributed by atoms with Crippen molar-refractivity contribution in [2.45, 2.75) is 31.1 Å². The first-order valence-electron chi connectivity index (χ1n) is 11.2. The molecule has 0 fully saturated rings. The van der Waals surface area contributed by atoms with E-state index < -0.39 is 10.0 Å². The molecule has 1 heterocycles. The zero-order chi connectivity index (χ0) is 25.2. The van der Waals surface area contributed by atoms with Crippen molar-refractivity contribution in [3.8, 4) is 11.1 Å². The van der Waals surface area contributed by atoms with Gasteiger partial charge in [-0.1, -0.05) is 69.3 Å². The van der Waals surface area contributed by atoms with E-state index in [-0.39, 0.29) is 16.2 Å². The Bertz CT molecular complexity index is 1480. The molecule has 0 saturated heterocycles. The van der Waals surface area contributed by atoms with Crippen LogP contribution < -0.4 is 10.0 Å². The highest BCUT2D eigenvalue weighted by atomic mass is 32.2. The van der Waals surface area contributed by atoms with E-state index in [4.69, 9.17) is 0 Å². The third kappa shape index (κ3) is 5.31. The minimum absolute atomic E-state index is 0.0663. The third-order valence-corrected chi connectivity index (χ3v) is 8.21. The Morgan fingerprint density at radius 1 is 1.00 bits per heavy atom. The lowest BCUT2D eigenvalue weighted by molar-refractivity contribution is 0.0962. The molecule has 0 bridgehead atoms. The highest BCUT2D eigenvalue weighted by molar-refractivity contribution is 7.92. The van der Waals surface area contributed by atoms with Crippen LogP contribution in [0.3, 0.4) is 0 Å². The molecule has 0 unspecified atom stereocenters. The molecule has 4 aromatic rings. The molecule has 7 heteroatoms. The fourth-order valence-electron chi connectivity index (χ4n) is 3.81. The standard InChI is InChI=1S/C28H28N2O3S2/c1-5-17-29-27(31)26-25(19-9-7-6-8-10-19)23-18-21(13-16-24(23)34-26)30-35(32,33)22-14-11-20(12-15-22)28(2,3)4/h5-16,18,30H,1,17H2,2-4H3,(H,29,31). The maximum atomic E-state index is 13.1. The summed E-state index contributed by atoms with van der Waals surface area (Å²) in [5.41, 5.74) is 3.10. The summed E-state index contributed by atoms with van der Waals surface area (Å²) in [5.74, 6) is -0.189. The number of benzene rings is 3. The lowest BCUT2D eigenvalue weighted by atomic mass is 9.87. The van der Waals surface area contributed by atoms with Gasteiger partial charge in [0, 0.05) is 27.9 Å². The number of carbonyl (C=O) groups is 1. The summed E-state index contributed by atoms with van der Waals surface area (Å²) in [4.78, 5) is 13.7. The first kappa shape index (κ1) is 24.7. The normalized spacial score (nSPS) is 11.9. The molecule has 4 rings (SSSR count). The Balaban J connectivity index is 1.74. The number of anilines is 1. The lowest BCUT2D eigenvalue weighted by Crippen LogP contribution is -2.22. The largest absolute Gasteiger partial charge is 0.348 e. The number of carbonyl (C=O) groups excluding carboxylic acids is 1. The molecule has 3 aromatic carbocycles. The monoisotopic (exact) mass is 504 g/mol. The minimum Gasteiger partial charge on any atom is -0.348 e. The van der Waals surface area contributed by atoms with Gasteiger partial charge in [0.15, 0.2) is 0 Å². The second-order valence-electron chi connectivity index (χ2n) is 9.26. The SMILES string of the molecule is C=CCNC(=O)c1sc2ccc(NS(=O)(=O)c3ccc(C(C)(C)C)cc3)cc2c1-c1ccccc1. The molecule has 0 saturated carbocycles. The van der Waals surface area contributed by atoms with E-state index >= 15 is 0 Å². The van der Waals surface area contributed by atoms with Crippen molar-refractivity contribution in [1.29, 1.82) is 0 Å². The molecule has 0 atom stereocenters. The molecule has 1 amide bonds. The van der Waals surface area contributed by atoms with Crippen LogP contribution in [0.1, 0.15) is 36.0 Å². The third-order valence-electron chi connectivity index (χ3n) is 5.65. The van der Waals surface area contributed by atoms with Crippen molar-refractivity contribution in [1.82, 2.24) is 5.32 Å². The van der Waals surface area contributed by atoms with Crippen LogP contribution in [0.15, 0.2) is 90.3 Å². The zero-order valence-electron chi connectivity index (χ0n) is 20.0. The highest BCUT2D eigenvalue weighted by Gasteiger charge is 2.22. The summed E-state index contributed by atoms with van der Waals surface area (Å²) >= 11 is 1.38. The molecule has 0 aliphatic rings. The van der Waals surface area contributed by atoms with Gasteiger partial charge in [-0.3, -0.25) is 9.52 Å². The molecular weight excluding hydrogens is 476 g/mol. The molecule has 0 spiro atoms. The second kappa shape index (κ2) is 9.68.